The van der Waals surface area contributed by atoms with E-state index in [4.69, 9.17) is 10.5 Å². The van der Waals surface area contributed by atoms with Gasteiger partial charge in [-0.3, -0.25) is 4.79 Å². The molecule has 2 unspecified atom stereocenters. The first-order chi connectivity index (χ1) is 7.54. The number of hydrogen-bond acceptors (Lipinski definition) is 3. The minimum atomic E-state index is -0.434. The van der Waals surface area contributed by atoms with Crippen LogP contribution < -0.4 is 11.1 Å². The Labute approximate surface area is 95.8 Å². The molecule has 0 aromatic heterocycles. The summed E-state index contributed by atoms with van der Waals surface area (Å²) in [4.78, 5) is 11.6. The van der Waals surface area contributed by atoms with E-state index in [0.717, 1.165) is 5.56 Å². The Hall–Kier alpha value is -1.55. The van der Waals surface area contributed by atoms with Crippen LogP contribution in [-0.4, -0.2) is 19.1 Å². The molecule has 1 aromatic carbocycles. The number of carbonyl (C=O) groups excluding carboxylic acids is 1. The van der Waals surface area contributed by atoms with E-state index < -0.39 is 6.10 Å². The van der Waals surface area contributed by atoms with Gasteiger partial charge in [0.1, 0.15) is 6.10 Å². The highest BCUT2D eigenvalue weighted by Crippen LogP contribution is 2.14. The quantitative estimate of drug-likeness (QED) is 0.758. The maximum Gasteiger partial charge on any atom is 0.249 e. The lowest BCUT2D eigenvalue weighted by Gasteiger charge is -2.17. The predicted molar refractivity (Wildman–Crippen MR) is 63.9 cm³/mol. The summed E-state index contributed by atoms with van der Waals surface area (Å²) in [6.45, 7) is 3.64. The zero-order valence-electron chi connectivity index (χ0n) is 9.86. The van der Waals surface area contributed by atoms with Crippen LogP contribution in [0, 0.1) is 0 Å². The maximum absolute atomic E-state index is 11.6. The van der Waals surface area contributed by atoms with E-state index in [0.29, 0.717) is 5.69 Å². The summed E-state index contributed by atoms with van der Waals surface area (Å²) < 4.78 is 4.94. The molecule has 1 rings (SSSR count). The molecular weight excluding hydrogens is 204 g/mol. The SMILES string of the molecule is COC(C)C(=O)NC(C)c1ccc(N)cc1. The molecule has 3 N–H and O–H groups in total. The monoisotopic (exact) mass is 222 g/mol. The summed E-state index contributed by atoms with van der Waals surface area (Å²) in [5.41, 5.74) is 7.33. The van der Waals surface area contributed by atoms with Crippen molar-refractivity contribution < 1.29 is 9.53 Å². The largest absolute Gasteiger partial charge is 0.399 e. The number of benzene rings is 1. The Morgan fingerprint density at radius 3 is 2.38 bits per heavy atom. The van der Waals surface area contributed by atoms with Crippen molar-refractivity contribution in [2.24, 2.45) is 0 Å². The average Bonchev–Trinajstić information content (AvgIpc) is 2.28. The number of rotatable bonds is 4. The summed E-state index contributed by atoms with van der Waals surface area (Å²) in [6, 6.07) is 7.39. The van der Waals surface area contributed by atoms with Gasteiger partial charge in [-0.2, -0.15) is 0 Å². The molecular formula is C12H18N2O2. The molecule has 0 aliphatic rings. The van der Waals surface area contributed by atoms with E-state index in [1.165, 1.54) is 7.11 Å². The van der Waals surface area contributed by atoms with Gasteiger partial charge in [0, 0.05) is 12.8 Å². The Morgan fingerprint density at radius 1 is 1.31 bits per heavy atom. The van der Waals surface area contributed by atoms with Gasteiger partial charge in [-0.15, -0.1) is 0 Å². The summed E-state index contributed by atoms with van der Waals surface area (Å²) in [7, 11) is 1.51. The van der Waals surface area contributed by atoms with E-state index in [2.05, 4.69) is 5.32 Å². The van der Waals surface area contributed by atoms with Crippen molar-refractivity contribution in [1.82, 2.24) is 5.32 Å². The minimum Gasteiger partial charge on any atom is -0.399 e. The Balaban J connectivity index is 2.62. The predicted octanol–water partition coefficient (Wildman–Crippen LogP) is 1.48. The van der Waals surface area contributed by atoms with Gasteiger partial charge in [0.25, 0.3) is 0 Å². The number of amides is 1. The number of methoxy groups -OCH3 is 1. The van der Waals surface area contributed by atoms with Crippen molar-refractivity contribution in [2.75, 3.05) is 12.8 Å². The van der Waals surface area contributed by atoms with Crippen molar-refractivity contribution in [1.29, 1.82) is 0 Å². The Morgan fingerprint density at radius 2 is 1.88 bits per heavy atom. The Bertz CT molecular complexity index is 349. The van der Waals surface area contributed by atoms with Gasteiger partial charge < -0.3 is 15.8 Å². The average molecular weight is 222 g/mol. The van der Waals surface area contributed by atoms with E-state index in [1.807, 2.05) is 31.2 Å². The number of carbonyl (C=O) groups is 1. The summed E-state index contributed by atoms with van der Waals surface area (Å²) in [5.74, 6) is -0.119. The first-order valence-electron chi connectivity index (χ1n) is 5.23. The fourth-order valence-electron chi connectivity index (χ4n) is 1.31. The molecule has 2 atom stereocenters. The van der Waals surface area contributed by atoms with E-state index >= 15 is 0 Å². The summed E-state index contributed by atoms with van der Waals surface area (Å²) >= 11 is 0. The van der Waals surface area contributed by atoms with Crippen LogP contribution in [0.5, 0.6) is 0 Å². The zero-order valence-corrected chi connectivity index (χ0v) is 9.86. The van der Waals surface area contributed by atoms with Crippen LogP contribution in [-0.2, 0) is 9.53 Å². The highest BCUT2D eigenvalue weighted by atomic mass is 16.5. The third kappa shape index (κ3) is 3.24. The molecule has 0 aliphatic heterocycles. The Kier molecular flexibility index (Phi) is 4.31. The number of anilines is 1. The lowest BCUT2D eigenvalue weighted by atomic mass is 10.1. The first-order valence-corrected chi connectivity index (χ1v) is 5.23. The molecule has 0 heterocycles. The van der Waals surface area contributed by atoms with Crippen molar-refractivity contribution in [3.63, 3.8) is 0 Å². The molecule has 4 nitrogen and oxygen atoms in total. The van der Waals surface area contributed by atoms with Gasteiger partial charge in [-0.1, -0.05) is 12.1 Å². The lowest BCUT2D eigenvalue weighted by Crippen LogP contribution is -2.35. The standard InChI is InChI=1S/C12H18N2O2/c1-8(14-12(15)9(2)16-3)10-4-6-11(13)7-5-10/h4-9H,13H2,1-3H3,(H,14,15). The number of nitrogen functional groups attached to an aromatic ring is 1. The van der Waals surface area contributed by atoms with Crippen LogP contribution in [0.1, 0.15) is 25.5 Å². The number of nitrogens with one attached hydrogen (secondary N) is 1. The van der Waals surface area contributed by atoms with Gasteiger partial charge in [0.2, 0.25) is 5.91 Å². The summed E-state index contributed by atoms with van der Waals surface area (Å²) in [6.07, 6.45) is -0.434. The number of hydrogen-bond donors (Lipinski definition) is 2. The normalized spacial score (nSPS) is 14.2. The zero-order chi connectivity index (χ0) is 12.1. The van der Waals surface area contributed by atoms with E-state index in [9.17, 15) is 4.79 Å². The topological polar surface area (TPSA) is 64.3 Å². The van der Waals surface area contributed by atoms with Crippen LogP contribution in [0.3, 0.4) is 0 Å². The van der Waals surface area contributed by atoms with E-state index in [1.54, 1.807) is 6.92 Å². The summed E-state index contributed by atoms with van der Waals surface area (Å²) in [5, 5.41) is 2.86. The number of nitrogens with two attached hydrogens (primary N) is 1. The van der Waals surface area contributed by atoms with Crippen LogP contribution in [0.25, 0.3) is 0 Å². The van der Waals surface area contributed by atoms with Crippen LogP contribution in [0.2, 0.25) is 0 Å². The second-order valence-electron chi connectivity index (χ2n) is 3.77. The molecule has 0 saturated heterocycles. The fourth-order valence-corrected chi connectivity index (χ4v) is 1.31. The third-order valence-electron chi connectivity index (χ3n) is 2.52. The van der Waals surface area contributed by atoms with Gasteiger partial charge >= 0.3 is 0 Å². The molecule has 0 aliphatic carbocycles. The number of ether oxygens (including phenoxy) is 1. The van der Waals surface area contributed by atoms with Gasteiger partial charge in [-0.25, -0.2) is 0 Å². The molecule has 4 heteroatoms. The van der Waals surface area contributed by atoms with Crippen LogP contribution >= 0.6 is 0 Å². The smallest absolute Gasteiger partial charge is 0.249 e. The minimum absolute atomic E-state index is 0.0503. The second-order valence-corrected chi connectivity index (χ2v) is 3.77. The van der Waals surface area contributed by atoms with Crippen LogP contribution in [0.4, 0.5) is 5.69 Å². The fraction of sp³-hybridized carbons (Fsp3) is 0.417. The highest BCUT2D eigenvalue weighted by molar-refractivity contribution is 5.80. The van der Waals surface area contributed by atoms with Crippen molar-refractivity contribution in [2.45, 2.75) is 26.0 Å². The molecule has 0 spiro atoms. The molecule has 0 bridgehead atoms. The van der Waals surface area contributed by atoms with Gasteiger partial charge in [0.05, 0.1) is 6.04 Å². The second kappa shape index (κ2) is 5.51. The molecule has 0 radical (unpaired) electrons. The maximum atomic E-state index is 11.6. The highest BCUT2D eigenvalue weighted by Gasteiger charge is 2.14. The molecule has 1 aromatic rings. The molecule has 1 amide bonds. The van der Waals surface area contributed by atoms with Crippen molar-refractivity contribution in [3.05, 3.63) is 29.8 Å². The molecule has 0 saturated carbocycles. The third-order valence-corrected chi connectivity index (χ3v) is 2.52. The van der Waals surface area contributed by atoms with Crippen molar-refractivity contribution >= 4 is 11.6 Å². The van der Waals surface area contributed by atoms with Gasteiger partial charge in [0.15, 0.2) is 0 Å². The van der Waals surface area contributed by atoms with E-state index in [-0.39, 0.29) is 11.9 Å². The van der Waals surface area contributed by atoms with Crippen LogP contribution in [0.15, 0.2) is 24.3 Å². The lowest BCUT2D eigenvalue weighted by molar-refractivity contribution is -0.130. The molecule has 0 fully saturated rings. The van der Waals surface area contributed by atoms with Gasteiger partial charge in [-0.05, 0) is 31.5 Å². The molecule has 88 valence electrons. The molecule has 16 heavy (non-hydrogen) atoms. The first kappa shape index (κ1) is 12.5. The van der Waals surface area contributed by atoms with Crippen molar-refractivity contribution in [3.8, 4) is 0 Å².